The summed E-state index contributed by atoms with van der Waals surface area (Å²) < 4.78 is 9.63. The Labute approximate surface area is 211 Å². The molecule has 0 fully saturated rings. The van der Waals surface area contributed by atoms with E-state index in [0.717, 1.165) is 30.6 Å². The zero-order valence-corrected chi connectivity index (χ0v) is 22.4. The molecule has 35 heavy (non-hydrogen) atoms. The predicted molar refractivity (Wildman–Crippen MR) is 137 cm³/mol. The summed E-state index contributed by atoms with van der Waals surface area (Å²) in [6, 6.07) is 0. The van der Waals surface area contributed by atoms with Crippen molar-refractivity contribution in [3.05, 3.63) is 23.2 Å². The Hall–Kier alpha value is -2.02. The largest absolute Gasteiger partial charge is 0.505 e. The van der Waals surface area contributed by atoms with Gasteiger partial charge >= 0.3 is 11.9 Å². The van der Waals surface area contributed by atoms with Crippen molar-refractivity contribution >= 4 is 11.9 Å². The Balaban J connectivity index is 2.12. The molecule has 4 unspecified atom stereocenters. The van der Waals surface area contributed by atoms with Crippen molar-refractivity contribution in [1.82, 2.24) is 0 Å². The third-order valence-electron chi connectivity index (χ3n) is 6.69. The smallest absolute Gasteiger partial charge is 0.377 e. The number of ether oxygens (including phenoxy) is 2. The lowest BCUT2D eigenvalue weighted by molar-refractivity contribution is -0.154. The molecule has 0 saturated heterocycles. The summed E-state index contributed by atoms with van der Waals surface area (Å²) in [7, 11) is 0. The number of cyclic esters (lactones) is 1. The molecule has 0 saturated carbocycles. The SMILES string of the molecule is C/C(=C\CCC(=O)OCC(O)C1OC(=O)C(O)=C1O)CCCC(C)CCCC(C)CCCC(C)C. The van der Waals surface area contributed by atoms with Crippen molar-refractivity contribution in [2.24, 2.45) is 17.8 Å². The molecule has 0 aromatic heterocycles. The van der Waals surface area contributed by atoms with Gasteiger partial charge in [0.1, 0.15) is 12.7 Å². The monoisotopic (exact) mass is 496 g/mol. The minimum atomic E-state index is -1.44. The molecule has 7 nitrogen and oxygen atoms in total. The molecule has 0 aromatic rings. The van der Waals surface area contributed by atoms with Gasteiger partial charge in [0.05, 0.1) is 0 Å². The summed E-state index contributed by atoms with van der Waals surface area (Å²) in [4.78, 5) is 23.1. The molecule has 1 aliphatic rings. The fourth-order valence-corrected chi connectivity index (χ4v) is 4.31. The van der Waals surface area contributed by atoms with Gasteiger partial charge in [0, 0.05) is 6.42 Å². The first-order valence-corrected chi connectivity index (χ1v) is 13.3. The number of allylic oxidation sites excluding steroid dienone is 2. The maximum atomic E-state index is 11.9. The third kappa shape index (κ3) is 13.0. The van der Waals surface area contributed by atoms with Crippen LogP contribution in [0.1, 0.15) is 105 Å². The van der Waals surface area contributed by atoms with Crippen LogP contribution in [-0.4, -0.2) is 46.1 Å². The maximum absolute atomic E-state index is 11.9. The number of aliphatic hydroxyl groups is 3. The van der Waals surface area contributed by atoms with Crippen LogP contribution >= 0.6 is 0 Å². The second-order valence-electron chi connectivity index (χ2n) is 10.8. The quantitative estimate of drug-likeness (QED) is 0.150. The standard InChI is InChI=1S/C28H48O7/c1-19(2)10-6-11-20(3)12-7-13-21(4)14-8-15-22(5)16-9-17-24(30)34-18-23(29)27-25(31)26(32)28(33)35-27/h16,19-21,23,27,29,31-32H,6-15,17-18H2,1-5H3/b22-16+. The molecular formula is C28H48O7. The van der Waals surface area contributed by atoms with E-state index in [1.165, 1.54) is 50.5 Å². The van der Waals surface area contributed by atoms with E-state index in [2.05, 4.69) is 39.4 Å². The summed E-state index contributed by atoms with van der Waals surface area (Å²) in [5.74, 6) is -0.909. The van der Waals surface area contributed by atoms with Gasteiger partial charge in [-0.1, -0.05) is 84.3 Å². The summed E-state index contributed by atoms with van der Waals surface area (Å²) in [5, 5.41) is 28.7. The second-order valence-corrected chi connectivity index (χ2v) is 10.8. The van der Waals surface area contributed by atoms with Gasteiger partial charge in [0.15, 0.2) is 11.9 Å². The van der Waals surface area contributed by atoms with E-state index >= 15 is 0 Å². The summed E-state index contributed by atoms with van der Waals surface area (Å²) in [5.41, 5.74) is 1.26. The minimum Gasteiger partial charge on any atom is -0.505 e. The molecule has 0 radical (unpaired) electrons. The van der Waals surface area contributed by atoms with E-state index in [4.69, 9.17) is 4.74 Å². The highest BCUT2D eigenvalue weighted by Crippen LogP contribution is 2.23. The molecule has 4 atom stereocenters. The normalized spacial score (nSPS) is 19.1. The van der Waals surface area contributed by atoms with Crippen LogP contribution < -0.4 is 0 Å². The number of esters is 2. The van der Waals surface area contributed by atoms with Gasteiger partial charge in [-0.25, -0.2) is 4.79 Å². The van der Waals surface area contributed by atoms with Crippen molar-refractivity contribution in [3.8, 4) is 0 Å². The molecule has 1 rings (SSSR count). The summed E-state index contributed by atoms with van der Waals surface area (Å²) in [6.07, 6.45) is 11.3. The van der Waals surface area contributed by atoms with Crippen LogP contribution in [0.3, 0.4) is 0 Å². The topological polar surface area (TPSA) is 113 Å². The van der Waals surface area contributed by atoms with Gasteiger partial charge < -0.3 is 24.8 Å². The molecule has 0 aliphatic carbocycles. The lowest BCUT2D eigenvalue weighted by Gasteiger charge is -2.17. The average Bonchev–Trinajstić information content (AvgIpc) is 3.04. The van der Waals surface area contributed by atoms with Crippen LogP contribution in [0, 0.1) is 17.8 Å². The van der Waals surface area contributed by atoms with E-state index in [1.807, 2.05) is 6.08 Å². The van der Waals surface area contributed by atoms with Crippen LogP contribution in [0.15, 0.2) is 23.2 Å². The van der Waals surface area contributed by atoms with Gasteiger partial charge in [-0.05, 0) is 43.9 Å². The number of carbonyl (C=O) groups excluding carboxylic acids is 2. The summed E-state index contributed by atoms with van der Waals surface area (Å²) in [6.45, 7) is 11.0. The second kappa shape index (κ2) is 16.6. The van der Waals surface area contributed by atoms with E-state index in [1.54, 1.807) is 0 Å². The molecule has 0 spiro atoms. The van der Waals surface area contributed by atoms with E-state index in [9.17, 15) is 24.9 Å². The lowest BCUT2D eigenvalue weighted by atomic mass is 9.91. The van der Waals surface area contributed by atoms with Crippen LogP contribution in [0.25, 0.3) is 0 Å². The van der Waals surface area contributed by atoms with Crippen molar-refractivity contribution < 1.29 is 34.4 Å². The number of aliphatic hydroxyl groups excluding tert-OH is 3. The Morgan fingerprint density at radius 3 is 2.09 bits per heavy atom. The molecule has 3 N–H and O–H groups in total. The fourth-order valence-electron chi connectivity index (χ4n) is 4.31. The van der Waals surface area contributed by atoms with Gasteiger partial charge in [-0.2, -0.15) is 0 Å². The molecule has 0 bridgehead atoms. The minimum absolute atomic E-state index is 0.174. The fraction of sp³-hybridized carbons (Fsp3) is 0.786. The zero-order valence-electron chi connectivity index (χ0n) is 22.4. The molecule has 0 aromatic carbocycles. The zero-order chi connectivity index (χ0) is 26.4. The molecule has 0 amide bonds. The highest BCUT2D eigenvalue weighted by atomic mass is 16.6. The van der Waals surface area contributed by atoms with E-state index in [-0.39, 0.29) is 6.42 Å². The van der Waals surface area contributed by atoms with Gasteiger partial charge in [-0.3, -0.25) is 4.79 Å². The first-order chi connectivity index (χ1) is 16.5. The van der Waals surface area contributed by atoms with Crippen LogP contribution in [0.2, 0.25) is 0 Å². The van der Waals surface area contributed by atoms with Gasteiger partial charge in [0.25, 0.3) is 0 Å². The van der Waals surface area contributed by atoms with Crippen molar-refractivity contribution in [2.75, 3.05) is 6.61 Å². The Morgan fingerprint density at radius 2 is 1.54 bits per heavy atom. The predicted octanol–water partition coefficient (Wildman–Crippen LogP) is 6.31. The van der Waals surface area contributed by atoms with Crippen LogP contribution in [-0.2, 0) is 19.1 Å². The first-order valence-electron chi connectivity index (χ1n) is 13.3. The number of hydrogen-bond donors (Lipinski definition) is 3. The van der Waals surface area contributed by atoms with E-state index in [0.29, 0.717) is 6.42 Å². The van der Waals surface area contributed by atoms with Gasteiger partial charge in [-0.15, -0.1) is 0 Å². The van der Waals surface area contributed by atoms with Crippen molar-refractivity contribution in [3.63, 3.8) is 0 Å². The molecule has 1 heterocycles. The Kier molecular flexibility index (Phi) is 14.7. The van der Waals surface area contributed by atoms with Crippen LogP contribution in [0.5, 0.6) is 0 Å². The third-order valence-corrected chi connectivity index (χ3v) is 6.69. The highest BCUT2D eigenvalue weighted by Gasteiger charge is 2.39. The number of carbonyl (C=O) groups is 2. The molecular weight excluding hydrogens is 448 g/mol. The van der Waals surface area contributed by atoms with Crippen molar-refractivity contribution in [1.29, 1.82) is 0 Å². The highest BCUT2D eigenvalue weighted by molar-refractivity contribution is 5.89. The molecule has 7 heteroatoms. The number of hydrogen-bond acceptors (Lipinski definition) is 7. The Bertz CT molecular complexity index is 710. The molecule has 202 valence electrons. The molecule has 1 aliphatic heterocycles. The Morgan fingerprint density at radius 1 is 0.971 bits per heavy atom. The van der Waals surface area contributed by atoms with Crippen LogP contribution in [0.4, 0.5) is 0 Å². The lowest BCUT2D eigenvalue weighted by Crippen LogP contribution is -2.33. The van der Waals surface area contributed by atoms with E-state index < -0.39 is 42.3 Å². The number of rotatable bonds is 18. The average molecular weight is 497 g/mol. The first kappa shape index (κ1) is 31.0. The van der Waals surface area contributed by atoms with Crippen molar-refractivity contribution in [2.45, 2.75) is 117 Å². The summed E-state index contributed by atoms with van der Waals surface area (Å²) >= 11 is 0. The van der Waals surface area contributed by atoms with Gasteiger partial charge in [0.2, 0.25) is 5.76 Å². The maximum Gasteiger partial charge on any atom is 0.377 e.